The van der Waals surface area contributed by atoms with Crippen LogP contribution in [0.3, 0.4) is 0 Å². The minimum Gasteiger partial charge on any atom is -0.507 e. The Morgan fingerprint density at radius 1 is 0.905 bits per heavy atom. The molecule has 104 valence electrons. The lowest BCUT2D eigenvalue weighted by atomic mass is 10.1. The highest BCUT2D eigenvalue weighted by Gasteiger charge is 2.02. The third-order valence-corrected chi connectivity index (χ3v) is 3.63. The number of phenols is 1. The largest absolute Gasteiger partial charge is 0.507 e. The molecule has 0 fully saturated rings. The van der Waals surface area contributed by atoms with Crippen LogP contribution in [-0.4, -0.2) is 11.3 Å². The molecule has 0 spiro atoms. The Bertz CT molecular complexity index is 806. The summed E-state index contributed by atoms with van der Waals surface area (Å²) in [6.07, 6.45) is 1.85. The lowest BCUT2D eigenvalue weighted by Gasteiger charge is -2.05. The van der Waals surface area contributed by atoms with E-state index in [1.807, 2.05) is 56.5 Å². The predicted octanol–water partition coefficient (Wildman–Crippen LogP) is 4.91. The predicted molar refractivity (Wildman–Crippen MR) is 88.8 cm³/mol. The normalized spacial score (nSPS) is 11.3. The van der Waals surface area contributed by atoms with Crippen LogP contribution in [0.4, 0.5) is 5.69 Å². The van der Waals surface area contributed by atoms with Crippen molar-refractivity contribution in [3.05, 3.63) is 71.3 Å². The molecule has 0 atom stereocenters. The zero-order chi connectivity index (χ0) is 14.8. The molecule has 0 aliphatic carbocycles. The van der Waals surface area contributed by atoms with Crippen LogP contribution in [0.1, 0.15) is 16.7 Å². The van der Waals surface area contributed by atoms with E-state index in [9.17, 15) is 5.11 Å². The number of aromatic hydroxyl groups is 1. The average molecular weight is 275 g/mol. The molecule has 21 heavy (non-hydrogen) atoms. The third kappa shape index (κ3) is 2.65. The van der Waals surface area contributed by atoms with Crippen LogP contribution in [0.15, 0.2) is 59.6 Å². The van der Waals surface area contributed by atoms with Crippen molar-refractivity contribution in [3.8, 4) is 5.75 Å². The molecule has 0 bridgehead atoms. The van der Waals surface area contributed by atoms with Gasteiger partial charge in [-0.25, -0.2) is 0 Å². The van der Waals surface area contributed by atoms with Gasteiger partial charge in [-0.05, 0) is 54.1 Å². The molecule has 0 saturated heterocycles. The zero-order valence-electron chi connectivity index (χ0n) is 12.2. The first-order valence-corrected chi connectivity index (χ1v) is 6.97. The van der Waals surface area contributed by atoms with Crippen molar-refractivity contribution in [2.24, 2.45) is 4.99 Å². The standard InChI is InChI=1S/C19H17NO/c1-13-10-15(11-14(2)19(13)21)12-20-18-9-5-7-16-6-3-4-8-17(16)18/h3-12,21H,1-2H3. The van der Waals surface area contributed by atoms with Crippen LogP contribution in [0.25, 0.3) is 10.8 Å². The molecule has 0 aromatic heterocycles. The van der Waals surface area contributed by atoms with E-state index in [0.29, 0.717) is 5.75 Å². The van der Waals surface area contributed by atoms with Gasteiger partial charge in [0.2, 0.25) is 0 Å². The summed E-state index contributed by atoms with van der Waals surface area (Å²) in [4.78, 5) is 4.61. The number of aliphatic imine (C=N–C) groups is 1. The van der Waals surface area contributed by atoms with Gasteiger partial charge in [-0.2, -0.15) is 0 Å². The van der Waals surface area contributed by atoms with E-state index >= 15 is 0 Å². The van der Waals surface area contributed by atoms with E-state index in [0.717, 1.165) is 27.8 Å². The van der Waals surface area contributed by atoms with Crippen molar-refractivity contribution in [2.45, 2.75) is 13.8 Å². The maximum absolute atomic E-state index is 9.81. The highest BCUT2D eigenvalue weighted by atomic mass is 16.3. The Morgan fingerprint density at radius 2 is 1.57 bits per heavy atom. The first-order valence-electron chi connectivity index (χ1n) is 6.97. The molecular formula is C19H17NO. The van der Waals surface area contributed by atoms with E-state index in [2.05, 4.69) is 23.2 Å². The lowest BCUT2D eigenvalue weighted by Crippen LogP contribution is -1.87. The number of hydrogen-bond acceptors (Lipinski definition) is 2. The quantitative estimate of drug-likeness (QED) is 0.662. The molecule has 0 saturated carbocycles. The first-order chi connectivity index (χ1) is 10.1. The van der Waals surface area contributed by atoms with Gasteiger partial charge in [-0.1, -0.05) is 36.4 Å². The third-order valence-electron chi connectivity index (χ3n) is 3.63. The molecular weight excluding hydrogens is 258 g/mol. The summed E-state index contributed by atoms with van der Waals surface area (Å²) in [5.41, 5.74) is 3.69. The van der Waals surface area contributed by atoms with Crippen LogP contribution in [0.5, 0.6) is 5.75 Å². The number of nitrogens with zero attached hydrogens (tertiary/aromatic N) is 1. The molecule has 0 unspecified atom stereocenters. The number of aryl methyl sites for hydroxylation is 2. The molecule has 3 aromatic rings. The van der Waals surface area contributed by atoms with Gasteiger partial charge >= 0.3 is 0 Å². The SMILES string of the molecule is Cc1cc(C=Nc2cccc3ccccc23)cc(C)c1O. The van der Waals surface area contributed by atoms with E-state index in [4.69, 9.17) is 0 Å². The van der Waals surface area contributed by atoms with Crippen LogP contribution < -0.4 is 0 Å². The molecule has 0 aliphatic rings. The second-order valence-electron chi connectivity index (χ2n) is 5.26. The number of rotatable bonds is 2. The minimum absolute atomic E-state index is 0.359. The van der Waals surface area contributed by atoms with Gasteiger partial charge in [0.05, 0.1) is 5.69 Å². The number of benzene rings is 3. The molecule has 3 rings (SSSR count). The molecule has 2 nitrogen and oxygen atoms in total. The van der Waals surface area contributed by atoms with Gasteiger partial charge in [0.25, 0.3) is 0 Å². The summed E-state index contributed by atoms with van der Waals surface area (Å²) in [6, 6.07) is 18.2. The van der Waals surface area contributed by atoms with Crippen molar-refractivity contribution in [1.29, 1.82) is 0 Å². The summed E-state index contributed by atoms with van der Waals surface area (Å²) < 4.78 is 0. The molecule has 1 N–H and O–H groups in total. The summed E-state index contributed by atoms with van der Waals surface area (Å²) >= 11 is 0. The fourth-order valence-electron chi connectivity index (χ4n) is 2.53. The maximum Gasteiger partial charge on any atom is 0.121 e. The number of fused-ring (bicyclic) bond motifs is 1. The molecule has 2 heteroatoms. The highest BCUT2D eigenvalue weighted by molar-refractivity contribution is 5.95. The average Bonchev–Trinajstić information content (AvgIpc) is 2.50. The summed E-state index contributed by atoms with van der Waals surface area (Å²) in [7, 11) is 0. The fraction of sp³-hybridized carbons (Fsp3) is 0.105. The van der Waals surface area contributed by atoms with Crippen molar-refractivity contribution in [2.75, 3.05) is 0 Å². The molecule has 3 aromatic carbocycles. The van der Waals surface area contributed by atoms with Gasteiger partial charge in [0.1, 0.15) is 5.75 Å². The Kier molecular flexibility index (Phi) is 3.44. The Balaban J connectivity index is 2.02. The van der Waals surface area contributed by atoms with E-state index in [1.165, 1.54) is 5.39 Å². The number of hydrogen-bond donors (Lipinski definition) is 1. The van der Waals surface area contributed by atoms with E-state index in [1.54, 1.807) is 0 Å². The number of phenolic OH excluding ortho intramolecular Hbond substituents is 1. The van der Waals surface area contributed by atoms with Gasteiger partial charge in [0, 0.05) is 11.6 Å². The van der Waals surface area contributed by atoms with Gasteiger partial charge in [-0.3, -0.25) is 4.99 Å². The van der Waals surface area contributed by atoms with Crippen LogP contribution in [-0.2, 0) is 0 Å². The summed E-state index contributed by atoms with van der Waals surface area (Å²) in [5.74, 6) is 0.359. The van der Waals surface area contributed by atoms with Gasteiger partial charge < -0.3 is 5.11 Å². The Morgan fingerprint density at radius 3 is 2.33 bits per heavy atom. The summed E-state index contributed by atoms with van der Waals surface area (Å²) in [5, 5.41) is 12.1. The topological polar surface area (TPSA) is 32.6 Å². The lowest BCUT2D eigenvalue weighted by molar-refractivity contribution is 0.467. The smallest absolute Gasteiger partial charge is 0.121 e. The molecule has 0 amide bonds. The molecule has 0 aliphatic heterocycles. The Labute approximate surface area is 124 Å². The molecule has 0 heterocycles. The second kappa shape index (κ2) is 5.41. The van der Waals surface area contributed by atoms with Gasteiger partial charge in [0.15, 0.2) is 0 Å². The minimum atomic E-state index is 0.359. The zero-order valence-corrected chi connectivity index (χ0v) is 12.2. The van der Waals surface area contributed by atoms with Crippen molar-refractivity contribution in [1.82, 2.24) is 0 Å². The first kappa shape index (κ1) is 13.4. The van der Waals surface area contributed by atoms with E-state index in [-0.39, 0.29) is 0 Å². The summed E-state index contributed by atoms with van der Waals surface area (Å²) in [6.45, 7) is 3.80. The maximum atomic E-state index is 9.81. The monoisotopic (exact) mass is 275 g/mol. The fourth-order valence-corrected chi connectivity index (χ4v) is 2.53. The van der Waals surface area contributed by atoms with Crippen molar-refractivity contribution < 1.29 is 5.11 Å². The van der Waals surface area contributed by atoms with Crippen LogP contribution in [0, 0.1) is 13.8 Å². The van der Waals surface area contributed by atoms with Gasteiger partial charge in [-0.15, -0.1) is 0 Å². The van der Waals surface area contributed by atoms with Crippen LogP contribution >= 0.6 is 0 Å². The highest BCUT2D eigenvalue weighted by Crippen LogP contribution is 2.26. The van der Waals surface area contributed by atoms with Crippen molar-refractivity contribution in [3.63, 3.8) is 0 Å². The Hall–Kier alpha value is -2.61. The molecule has 0 radical (unpaired) electrons. The van der Waals surface area contributed by atoms with Crippen molar-refractivity contribution >= 4 is 22.7 Å². The van der Waals surface area contributed by atoms with Crippen LogP contribution in [0.2, 0.25) is 0 Å². The van der Waals surface area contributed by atoms with E-state index < -0.39 is 0 Å². The second-order valence-corrected chi connectivity index (χ2v) is 5.26.